The molecule has 0 aliphatic heterocycles. The molecule has 6 nitrogen and oxygen atoms in total. The molecule has 1 aliphatic rings. The number of carbonyl (C=O) groups is 1. The van der Waals surface area contributed by atoms with Gasteiger partial charge in [0.2, 0.25) is 5.13 Å². The number of urea groups is 1. The van der Waals surface area contributed by atoms with E-state index in [1.165, 1.54) is 24.2 Å². The van der Waals surface area contributed by atoms with E-state index in [2.05, 4.69) is 22.4 Å². The second-order valence-corrected chi connectivity index (χ2v) is 7.09. The average Bonchev–Trinajstić information content (AvgIpc) is 3.09. The molecule has 1 aromatic heterocycles. The Labute approximate surface area is 135 Å². The number of carbonyl (C=O) groups excluding carboxylic acids is 1. The monoisotopic (exact) mass is 326 g/mol. The van der Waals surface area contributed by atoms with Crippen molar-refractivity contribution in [1.82, 2.24) is 15.1 Å². The van der Waals surface area contributed by atoms with Crippen LogP contribution in [-0.2, 0) is 6.42 Å². The molecular weight excluding hydrogens is 300 g/mol. The third kappa shape index (κ3) is 4.91. The normalized spacial score (nSPS) is 21.0. The predicted molar refractivity (Wildman–Crippen MR) is 88.1 cm³/mol. The lowest BCUT2D eigenvalue weighted by Gasteiger charge is -2.22. The fraction of sp³-hybridized carbons (Fsp3) is 0.800. The van der Waals surface area contributed by atoms with Crippen LogP contribution in [0.25, 0.3) is 0 Å². The summed E-state index contributed by atoms with van der Waals surface area (Å²) in [7, 11) is 1.75. The molecule has 2 amide bonds. The lowest BCUT2D eigenvalue weighted by Crippen LogP contribution is -2.37. The van der Waals surface area contributed by atoms with Crippen LogP contribution in [0, 0.1) is 5.92 Å². The Kier molecular flexibility index (Phi) is 6.57. The Hall–Kier alpha value is -1.21. The number of aliphatic hydroxyl groups excluding tert-OH is 1. The highest BCUT2D eigenvalue weighted by Gasteiger charge is 2.27. The Morgan fingerprint density at radius 1 is 1.41 bits per heavy atom. The molecule has 124 valence electrons. The Morgan fingerprint density at radius 2 is 2.23 bits per heavy atom. The van der Waals surface area contributed by atoms with Gasteiger partial charge in [-0.25, -0.2) is 4.79 Å². The molecule has 0 radical (unpaired) electrons. The quantitative estimate of drug-likeness (QED) is 0.755. The number of amides is 2. The first-order chi connectivity index (χ1) is 10.6. The van der Waals surface area contributed by atoms with Crippen LogP contribution < -0.4 is 5.32 Å². The van der Waals surface area contributed by atoms with Crippen LogP contribution in [0.15, 0.2) is 0 Å². The molecule has 0 aromatic carbocycles. The van der Waals surface area contributed by atoms with E-state index in [0.717, 1.165) is 37.1 Å². The van der Waals surface area contributed by atoms with Crippen LogP contribution in [-0.4, -0.2) is 45.9 Å². The minimum absolute atomic E-state index is 0.185. The minimum atomic E-state index is -0.276. The number of nitrogens with one attached hydrogen (secondary N) is 1. The van der Waals surface area contributed by atoms with E-state index >= 15 is 0 Å². The number of hydrogen-bond donors (Lipinski definition) is 2. The third-order valence-corrected chi connectivity index (χ3v) is 5.05. The smallest absolute Gasteiger partial charge is 0.323 e. The summed E-state index contributed by atoms with van der Waals surface area (Å²) in [6, 6.07) is -0.185. The van der Waals surface area contributed by atoms with Gasteiger partial charge in [0.25, 0.3) is 0 Å². The van der Waals surface area contributed by atoms with Crippen LogP contribution in [0.2, 0.25) is 0 Å². The molecule has 0 spiro atoms. The molecule has 7 heteroatoms. The molecule has 1 saturated carbocycles. The molecule has 1 fully saturated rings. The lowest BCUT2D eigenvalue weighted by atomic mass is 10.1. The van der Waals surface area contributed by atoms with Crippen molar-refractivity contribution in [3.05, 3.63) is 5.01 Å². The zero-order chi connectivity index (χ0) is 15.9. The van der Waals surface area contributed by atoms with E-state index in [-0.39, 0.29) is 18.1 Å². The van der Waals surface area contributed by atoms with Gasteiger partial charge in [-0.2, -0.15) is 0 Å². The number of nitrogens with zero attached hydrogens (tertiary/aromatic N) is 3. The summed E-state index contributed by atoms with van der Waals surface area (Å²) >= 11 is 1.44. The van der Waals surface area contributed by atoms with Gasteiger partial charge < -0.3 is 10.0 Å². The average molecular weight is 326 g/mol. The fourth-order valence-corrected chi connectivity index (χ4v) is 3.55. The second-order valence-electron chi connectivity index (χ2n) is 6.03. The molecule has 0 bridgehead atoms. The van der Waals surface area contributed by atoms with Gasteiger partial charge in [-0.3, -0.25) is 5.32 Å². The van der Waals surface area contributed by atoms with Crippen molar-refractivity contribution in [3.8, 4) is 0 Å². The molecule has 22 heavy (non-hydrogen) atoms. The second kappa shape index (κ2) is 8.43. The van der Waals surface area contributed by atoms with Gasteiger partial charge in [-0.05, 0) is 19.3 Å². The van der Waals surface area contributed by atoms with E-state index in [0.29, 0.717) is 11.7 Å². The van der Waals surface area contributed by atoms with E-state index < -0.39 is 0 Å². The highest BCUT2D eigenvalue weighted by atomic mass is 32.1. The Balaban J connectivity index is 1.78. The number of unbranched alkanes of at least 4 members (excludes halogenated alkanes) is 2. The summed E-state index contributed by atoms with van der Waals surface area (Å²) in [5, 5.41) is 22.3. The predicted octanol–water partition coefficient (Wildman–Crippen LogP) is 2.90. The molecule has 0 saturated heterocycles. The van der Waals surface area contributed by atoms with Crippen LogP contribution in [0.4, 0.5) is 9.93 Å². The fourth-order valence-electron chi connectivity index (χ4n) is 2.78. The number of aliphatic hydroxyl groups is 1. The van der Waals surface area contributed by atoms with Crippen molar-refractivity contribution in [2.75, 3.05) is 18.9 Å². The van der Waals surface area contributed by atoms with Gasteiger partial charge >= 0.3 is 6.03 Å². The molecule has 2 rings (SSSR count). The maximum absolute atomic E-state index is 12.1. The number of anilines is 1. The van der Waals surface area contributed by atoms with Crippen molar-refractivity contribution < 1.29 is 9.90 Å². The standard InChI is InChI=1S/C15H26N4O2S/c1-3-4-5-9-13-17-18-14(22-13)16-15(21)19(2)10-11-7-6-8-12(11)20/h11-12,20H,3-10H2,1-2H3,(H,16,18,21). The highest BCUT2D eigenvalue weighted by molar-refractivity contribution is 7.15. The Morgan fingerprint density at radius 3 is 2.91 bits per heavy atom. The number of hydrogen-bond acceptors (Lipinski definition) is 5. The van der Waals surface area contributed by atoms with Crippen molar-refractivity contribution in [2.45, 2.75) is 58.0 Å². The highest BCUT2D eigenvalue weighted by Crippen LogP contribution is 2.26. The minimum Gasteiger partial charge on any atom is -0.393 e. The van der Waals surface area contributed by atoms with Crippen molar-refractivity contribution in [1.29, 1.82) is 0 Å². The maximum atomic E-state index is 12.1. The maximum Gasteiger partial charge on any atom is 0.323 e. The van der Waals surface area contributed by atoms with Crippen LogP contribution >= 0.6 is 11.3 Å². The van der Waals surface area contributed by atoms with Gasteiger partial charge in [-0.1, -0.05) is 37.5 Å². The molecule has 2 unspecified atom stereocenters. The SMILES string of the molecule is CCCCCc1nnc(NC(=O)N(C)CC2CCCC2O)s1. The van der Waals surface area contributed by atoms with Gasteiger partial charge in [0.15, 0.2) is 0 Å². The number of rotatable bonds is 7. The van der Waals surface area contributed by atoms with Crippen LogP contribution in [0.1, 0.15) is 50.5 Å². The van der Waals surface area contributed by atoms with Crippen molar-refractivity contribution >= 4 is 22.5 Å². The number of aryl methyl sites for hydroxylation is 1. The summed E-state index contributed by atoms with van der Waals surface area (Å²) in [5.41, 5.74) is 0. The molecule has 2 atom stereocenters. The molecule has 1 heterocycles. The largest absolute Gasteiger partial charge is 0.393 e. The summed E-state index contributed by atoms with van der Waals surface area (Å²) in [4.78, 5) is 13.8. The number of aromatic nitrogens is 2. The summed E-state index contributed by atoms with van der Waals surface area (Å²) in [5.74, 6) is 0.190. The topological polar surface area (TPSA) is 78.4 Å². The van der Waals surface area contributed by atoms with Gasteiger partial charge in [0.05, 0.1) is 6.10 Å². The first-order valence-corrected chi connectivity index (χ1v) is 8.94. The van der Waals surface area contributed by atoms with E-state index in [9.17, 15) is 9.90 Å². The zero-order valence-corrected chi connectivity index (χ0v) is 14.2. The first-order valence-electron chi connectivity index (χ1n) is 8.12. The summed E-state index contributed by atoms with van der Waals surface area (Å²) in [6.45, 7) is 2.75. The van der Waals surface area contributed by atoms with Crippen LogP contribution in [0.3, 0.4) is 0 Å². The van der Waals surface area contributed by atoms with E-state index in [1.807, 2.05) is 0 Å². The van der Waals surface area contributed by atoms with Gasteiger partial charge in [0.1, 0.15) is 5.01 Å². The molecule has 1 aliphatic carbocycles. The molecular formula is C15H26N4O2S. The van der Waals surface area contributed by atoms with E-state index in [1.54, 1.807) is 11.9 Å². The lowest BCUT2D eigenvalue weighted by molar-refractivity contribution is 0.116. The van der Waals surface area contributed by atoms with Gasteiger partial charge in [0, 0.05) is 25.9 Å². The first kappa shape index (κ1) is 17.1. The Bertz CT molecular complexity index is 480. The third-order valence-electron chi connectivity index (χ3n) is 4.15. The molecule has 1 aromatic rings. The van der Waals surface area contributed by atoms with Crippen molar-refractivity contribution in [3.63, 3.8) is 0 Å². The van der Waals surface area contributed by atoms with Gasteiger partial charge in [-0.15, -0.1) is 10.2 Å². The summed E-state index contributed by atoms with van der Waals surface area (Å²) in [6.07, 6.45) is 7.00. The zero-order valence-electron chi connectivity index (χ0n) is 13.4. The summed E-state index contributed by atoms with van der Waals surface area (Å²) < 4.78 is 0. The molecule has 2 N–H and O–H groups in total. The van der Waals surface area contributed by atoms with Crippen LogP contribution in [0.5, 0.6) is 0 Å². The van der Waals surface area contributed by atoms with E-state index in [4.69, 9.17) is 0 Å². The van der Waals surface area contributed by atoms with Crippen molar-refractivity contribution in [2.24, 2.45) is 5.92 Å².